The number of thiophene rings is 2. The molecule has 1 fully saturated rings. The van der Waals surface area contributed by atoms with Crippen molar-refractivity contribution in [2.75, 3.05) is 7.11 Å². The maximum atomic E-state index is 13.4. The van der Waals surface area contributed by atoms with Crippen LogP contribution >= 0.6 is 22.7 Å². The molecule has 8 aromatic carbocycles. The summed E-state index contributed by atoms with van der Waals surface area (Å²) >= 11 is 4.16. The van der Waals surface area contributed by atoms with E-state index in [-0.39, 0.29) is 11.4 Å². The highest BCUT2D eigenvalue weighted by atomic mass is 32.1. The number of benzene rings is 6. The molecule has 19 rings (SSSR count). The molecule has 0 radical (unpaired) electrons. The molecule has 0 bridgehead atoms. The van der Waals surface area contributed by atoms with Crippen LogP contribution in [-0.4, -0.2) is 13.1 Å². The SMILES string of the molecule is CCCCCCc1ccsc1-c1sc(C23C=C4Cc5cc6cc7c8c9c%10c%11c%12c%13c(c2c2c4c5c4c6c8c%11c4c2%13)C2(Cc4cccc(C(=O)OC)c4)C(=C3)CC3=CC(C=C9C7)C%10C%12=C32)cc1CCCCCC. The predicted molar refractivity (Wildman–Crippen MR) is 301 cm³/mol. The highest BCUT2D eigenvalue weighted by Gasteiger charge is 2.64. The van der Waals surface area contributed by atoms with Crippen LogP contribution in [0, 0.1) is 5.92 Å². The minimum atomic E-state index is -0.407. The van der Waals surface area contributed by atoms with E-state index >= 15 is 0 Å². The average molecular weight is 965 g/mol. The van der Waals surface area contributed by atoms with E-state index in [4.69, 9.17) is 4.74 Å². The van der Waals surface area contributed by atoms with E-state index in [1.54, 1.807) is 153 Å². The Hall–Kier alpha value is -6.07. The summed E-state index contributed by atoms with van der Waals surface area (Å²) < 4.78 is 5.39. The van der Waals surface area contributed by atoms with Crippen LogP contribution in [0.2, 0.25) is 0 Å². The fourth-order valence-corrected chi connectivity index (χ4v) is 20.8. The largest absolute Gasteiger partial charge is 0.465 e. The van der Waals surface area contributed by atoms with E-state index in [2.05, 4.69) is 97.3 Å². The second-order valence-corrected chi connectivity index (χ2v) is 25.8. The lowest BCUT2D eigenvalue weighted by atomic mass is 9.54. The zero-order chi connectivity index (χ0) is 47.0. The fourth-order valence-electron chi connectivity index (χ4n) is 18.3. The normalized spacial score (nSPS) is 23.5. The lowest BCUT2D eigenvalue weighted by Crippen LogP contribution is -2.41. The Labute approximate surface area is 426 Å². The number of unbranched alkanes of at least 4 members (excludes halogenated alkanes) is 6. The summed E-state index contributed by atoms with van der Waals surface area (Å²) in [5, 5.41) is 21.4. The molecular formula is C68H52O2S2. The molecule has 2 heterocycles. The van der Waals surface area contributed by atoms with E-state index in [1.807, 2.05) is 17.4 Å². The number of allylic oxidation sites excluding steroid dienone is 10. The Morgan fingerprint density at radius 1 is 0.667 bits per heavy atom. The van der Waals surface area contributed by atoms with Gasteiger partial charge in [-0.1, -0.05) is 107 Å². The van der Waals surface area contributed by atoms with Crippen LogP contribution < -0.4 is 0 Å². The van der Waals surface area contributed by atoms with E-state index in [0.29, 0.717) is 17.4 Å². The van der Waals surface area contributed by atoms with Crippen molar-refractivity contribution in [3.8, 4) is 9.75 Å². The van der Waals surface area contributed by atoms with Gasteiger partial charge in [-0.25, -0.2) is 4.79 Å². The number of ether oxygens (including phenoxy) is 1. The van der Waals surface area contributed by atoms with Crippen LogP contribution in [0.25, 0.3) is 91.1 Å². The van der Waals surface area contributed by atoms with Crippen LogP contribution in [0.1, 0.15) is 154 Å². The van der Waals surface area contributed by atoms with Crippen molar-refractivity contribution in [2.24, 2.45) is 5.92 Å². The van der Waals surface area contributed by atoms with Crippen molar-refractivity contribution in [2.45, 2.75) is 120 Å². The number of carbonyl (C=O) groups excluding carboxylic acids is 1. The number of methoxy groups -OCH3 is 1. The lowest BCUT2D eigenvalue weighted by molar-refractivity contribution is 0.0600. The average Bonchev–Trinajstić information content (AvgIpc) is 4.30. The molecule has 10 aromatic rings. The Bertz CT molecular complexity index is 4430. The van der Waals surface area contributed by atoms with Crippen LogP contribution in [0.3, 0.4) is 0 Å². The first kappa shape index (κ1) is 39.5. The Balaban J connectivity index is 0.978. The molecule has 1 saturated carbocycles. The number of hydrogen-bond acceptors (Lipinski definition) is 4. The molecule has 2 aromatic heterocycles. The molecule has 0 saturated heterocycles. The van der Waals surface area contributed by atoms with Crippen molar-refractivity contribution in [3.05, 3.63) is 167 Å². The predicted octanol–water partition coefficient (Wildman–Crippen LogP) is 17.6. The van der Waals surface area contributed by atoms with Gasteiger partial charge in [0.15, 0.2) is 0 Å². The van der Waals surface area contributed by atoms with Gasteiger partial charge in [-0.2, -0.15) is 0 Å². The van der Waals surface area contributed by atoms with Crippen LogP contribution in [0.15, 0.2) is 94.9 Å². The molecule has 4 heteroatoms. The van der Waals surface area contributed by atoms with Gasteiger partial charge in [0.05, 0.1) is 18.1 Å². The molecule has 9 aliphatic rings. The maximum Gasteiger partial charge on any atom is 0.337 e. The molecule has 0 N–H and O–H groups in total. The standard InChI is InChI=1S/C68H52O2S2/c1-4-6-8-10-14-32-17-18-71-64(32)65-33(15-11-9-7-5-2)27-43(72-65)67-29-41-25-39-23-37-21-35-20-36-22-38-24-40-26-42(30-67)68(28-31-13-12-16-34(19-31)66(69)70-3)61(40)58-48(38)52-45(36)44(35)50-47(37)51-46(39)49(41)59-57-54(51)53(50)55(52)56(58)60(57)63(68)62(59)67/h12-13,16-19,21-24,27,29-30,38,48H,4-11,14-15,20,25-26,28H2,1-3H3. The minimum Gasteiger partial charge on any atom is -0.465 e. The monoisotopic (exact) mass is 964 g/mol. The van der Waals surface area contributed by atoms with Gasteiger partial charge in [0.25, 0.3) is 0 Å². The second-order valence-electron chi connectivity index (χ2n) is 23.8. The van der Waals surface area contributed by atoms with Crippen LogP contribution in [-0.2, 0) is 47.7 Å². The molecule has 72 heavy (non-hydrogen) atoms. The first-order chi connectivity index (χ1) is 35.5. The number of hydrogen-bond donors (Lipinski definition) is 0. The molecule has 0 aliphatic heterocycles. The van der Waals surface area contributed by atoms with Gasteiger partial charge in [-0.05, 0) is 235 Å². The van der Waals surface area contributed by atoms with Gasteiger partial charge in [0, 0.05) is 31.9 Å². The van der Waals surface area contributed by atoms with Crippen molar-refractivity contribution in [1.29, 1.82) is 0 Å². The molecular weight excluding hydrogens is 913 g/mol. The summed E-state index contributed by atoms with van der Waals surface area (Å²) in [5.74, 6) is 0.440. The third-order valence-electron chi connectivity index (χ3n) is 20.5. The van der Waals surface area contributed by atoms with Gasteiger partial charge >= 0.3 is 5.97 Å². The third kappa shape index (κ3) is 4.09. The topological polar surface area (TPSA) is 26.3 Å². The summed E-state index contributed by atoms with van der Waals surface area (Å²) in [6.07, 6.45) is 27.7. The Kier molecular flexibility index (Phi) is 7.02. The van der Waals surface area contributed by atoms with Gasteiger partial charge in [0.1, 0.15) is 0 Å². The Morgan fingerprint density at radius 2 is 1.40 bits per heavy atom. The molecule has 0 spiro atoms. The first-order valence-electron chi connectivity index (χ1n) is 27.6. The lowest BCUT2D eigenvalue weighted by Gasteiger charge is -2.48. The zero-order valence-electron chi connectivity index (χ0n) is 41.2. The van der Waals surface area contributed by atoms with E-state index in [9.17, 15) is 4.79 Å². The number of aryl methyl sites for hydroxylation is 2. The summed E-state index contributed by atoms with van der Waals surface area (Å²) in [5.41, 5.74) is 26.7. The number of rotatable bonds is 15. The highest BCUT2D eigenvalue weighted by Crippen LogP contribution is 2.78. The third-order valence-corrected chi connectivity index (χ3v) is 23.0. The second kappa shape index (κ2) is 12.8. The summed E-state index contributed by atoms with van der Waals surface area (Å²) in [6.45, 7) is 4.67. The summed E-state index contributed by atoms with van der Waals surface area (Å²) in [6, 6.07) is 19.1. The van der Waals surface area contributed by atoms with E-state index in [0.717, 1.165) is 32.1 Å². The highest BCUT2D eigenvalue weighted by molar-refractivity contribution is 7.21. The van der Waals surface area contributed by atoms with E-state index < -0.39 is 5.41 Å². The molecule has 4 unspecified atom stereocenters. The van der Waals surface area contributed by atoms with Gasteiger partial charge in [0.2, 0.25) is 0 Å². The number of esters is 1. The fraction of sp³-hybridized carbons (Fsp3) is 0.309. The first-order valence-corrected chi connectivity index (χ1v) is 29.3. The van der Waals surface area contributed by atoms with Gasteiger partial charge in [-0.15, -0.1) is 22.7 Å². The molecule has 348 valence electrons. The van der Waals surface area contributed by atoms with Crippen LogP contribution in [0.4, 0.5) is 0 Å². The summed E-state index contributed by atoms with van der Waals surface area (Å²) in [7, 11) is 1.52. The quantitative estimate of drug-likeness (QED) is 0.0443. The van der Waals surface area contributed by atoms with Crippen LogP contribution in [0.5, 0.6) is 0 Å². The van der Waals surface area contributed by atoms with Crippen molar-refractivity contribution < 1.29 is 9.53 Å². The van der Waals surface area contributed by atoms with E-state index in [1.165, 1.54) is 85.6 Å². The zero-order valence-corrected chi connectivity index (χ0v) is 42.8. The minimum absolute atomic E-state index is 0.257. The Morgan fingerprint density at radius 3 is 2.22 bits per heavy atom. The van der Waals surface area contributed by atoms with Gasteiger partial charge < -0.3 is 4.74 Å². The van der Waals surface area contributed by atoms with Crippen molar-refractivity contribution in [3.63, 3.8) is 0 Å². The molecule has 9 aliphatic carbocycles. The molecule has 0 amide bonds. The van der Waals surface area contributed by atoms with Crippen molar-refractivity contribution in [1.82, 2.24) is 0 Å². The summed E-state index contributed by atoms with van der Waals surface area (Å²) in [4.78, 5) is 18.0. The number of carbonyl (C=O) groups is 1. The molecule has 4 atom stereocenters. The van der Waals surface area contributed by atoms with Crippen molar-refractivity contribution >= 4 is 110 Å². The molecule has 2 nitrogen and oxygen atoms in total. The smallest absolute Gasteiger partial charge is 0.337 e. The van der Waals surface area contributed by atoms with Gasteiger partial charge in [-0.3, -0.25) is 0 Å². The maximum absolute atomic E-state index is 13.4.